The van der Waals surface area contributed by atoms with Crippen molar-refractivity contribution in [3.8, 4) is 0 Å². The van der Waals surface area contributed by atoms with Crippen LogP contribution in [0, 0.1) is 0 Å². The Morgan fingerprint density at radius 2 is 1.25 bits per heavy atom. The fraction of sp³-hybridized carbons (Fsp3) is 0.800. The molecule has 0 aromatic carbocycles. The second-order valence-electron chi connectivity index (χ2n) is 3.93. The van der Waals surface area contributed by atoms with Gasteiger partial charge in [-0.25, -0.2) is 0 Å². The first-order valence-corrected chi connectivity index (χ1v) is 10.0. The van der Waals surface area contributed by atoms with E-state index in [1.165, 1.54) is 0 Å². The molecule has 0 aliphatic rings. The maximum Gasteiger partial charge on any atom is 0.339 e. The number of hydrogen-bond donors (Lipinski definition) is 0. The predicted molar refractivity (Wildman–Crippen MR) is 69.8 cm³/mol. The van der Waals surface area contributed by atoms with E-state index in [1.54, 1.807) is 28.4 Å². The molecule has 6 heteroatoms. The van der Waals surface area contributed by atoms with Crippen LogP contribution in [0.5, 0.6) is 0 Å². The Labute approximate surface area is 101 Å². The van der Waals surface area contributed by atoms with Crippen molar-refractivity contribution >= 4 is 17.1 Å². The van der Waals surface area contributed by atoms with Gasteiger partial charge in [-0.2, -0.15) is 0 Å². The van der Waals surface area contributed by atoms with Gasteiger partial charge in [0.2, 0.25) is 0 Å². The molecule has 0 heterocycles. The van der Waals surface area contributed by atoms with E-state index in [9.17, 15) is 0 Å². The molecule has 0 amide bonds. The van der Waals surface area contributed by atoms with Gasteiger partial charge in [-0.05, 0) is 19.5 Å². The largest absolute Gasteiger partial charge is 0.398 e. The molecule has 0 aliphatic carbocycles. The minimum absolute atomic E-state index is 0.155. The Kier molecular flexibility index (Phi) is 6.68. The third-order valence-electron chi connectivity index (χ3n) is 3.29. The van der Waals surface area contributed by atoms with E-state index < -0.39 is 17.1 Å². The van der Waals surface area contributed by atoms with Crippen LogP contribution in [0.4, 0.5) is 0 Å². The van der Waals surface area contributed by atoms with E-state index >= 15 is 0 Å². The molecule has 0 aromatic heterocycles. The van der Waals surface area contributed by atoms with Crippen LogP contribution in [-0.4, -0.2) is 45.6 Å². The highest BCUT2D eigenvalue weighted by Gasteiger charge is 2.53. The number of hydrogen-bond acceptors (Lipinski definition) is 4. The van der Waals surface area contributed by atoms with Crippen molar-refractivity contribution in [3.63, 3.8) is 0 Å². The second-order valence-corrected chi connectivity index (χ2v) is 11.6. The summed E-state index contributed by atoms with van der Waals surface area (Å²) < 4.78 is 22.4. The molecule has 0 spiro atoms. The molecule has 0 saturated carbocycles. The Bertz CT molecular complexity index is 197. The van der Waals surface area contributed by atoms with Crippen molar-refractivity contribution in [2.75, 3.05) is 28.4 Å². The number of rotatable bonds is 8. The first kappa shape index (κ1) is 16.0. The molecular weight excluding hydrogens is 240 g/mol. The van der Waals surface area contributed by atoms with Gasteiger partial charge in [-0.3, -0.25) is 0 Å². The Morgan fingerprint density at radius 1 is 0.938 bits per heavy atom. The Balaban J connectivity index is 5.18. The predicted octanol–water partition coefficient (Wildman–Crippen LogP) is 2.20. The fourth-order valence-corrected chi connectivity index (χ4v) is 9.69. The van der Waals surface area contributed by atoms with Gasteiger partial charge in [0.1, 0.15) is 0 Å². The lowest BCUT2D eigenvalue weighted by molar-refractivity contribution is 0.210. The van der Waals surface area contributed by atoms with Crippen LogP contribution in [0.3, 0.4) is 0 Å². The summed E-state index contributed by atoms with van der Waals surface area (Å²) in [7, 11) is 2.18. The van der Waals surface area contributed by atoms with E-state index in [4.69, 9.17) is 17.7 Å². The maximum atomic E-state index is 5.60. The smallest absolute Gasteiger partial charge is 0.339 e. The van der Waals surface area contributed by atoms with E-state index in [1.807, 2.05) is 19.2 Å². The van der Waals surface area contributed by atoms with Gasteiger partial charge in [0.15, 0.2) is 0 Å². The first-order valence-electron chi connectivity index (χ1n) is 5.25. The summed E-state index contributed by atoms with van der Waals surface area (Å²) in [6, 6.07) is 0. The molecule has 0 aromatic rings. The van der Waals surface area contributed by atoms with Crippen LogP contribution in [-0.2, 0) is 17.7 Å². The van der Waals surface area contributed by atoms with Gasteiger partial charge >= 0.3 is 17.1 Å². The molecule has 0 bridgehead atoms. The third kappa shape index (κ3) is 3.25. The summed E-state index contributed by atoms with van der Waals surface area (Å²) in [5.74, 6) is 0. The van der Waals surface area contributed by atoms with Gasteiger partial charge in [0.05, 0.1) is 0 Å². The highest BCUT2D eigenvalue weighted by molar-refractivity contribution is 6.87. The zero-order valence-electron chi connectivity index (χ0n) is 11.2. The minimum Gasteiger partial charge on any atom is -0.398 e. The molecule has 16 heavy (non-hydrogen) atoms. The molecule has 0 atom stereocenters. The van der Waals surface area contributed by atoms with Gasteiger partial charge < -0.3 is 17.7 Å². The van der Waals surface area contributed by atoms with Crippen LogP contribution < -0.4 is 0 Å². The fourth-order valence-electron chi connectivity index (χ4n) is 1.81. The van der Waals surface area contributed by atoms with Gasteiger partial charge in [0, 0.05) is 33.6 Å². The van der Waals surface area contributed by atoms with E-state index in [2.05, 4.69) is 6.58 Å². The van der Waals surface area contributed by atoms with Crippen LogP contribution >= 0.6 is 0 Å². The molecule has 0 rings (SSSR count). The topological polar surface area (TPSA) is 36.9 Å². The van der Waals surface area contributed by atoms with Gasteiger partial charge in [0.25, 0.3) is 0 Å². The molecule has 0 unspecified atom stereocenters. The maximum absolute atomic E-state index is 5.60. The summed E-state index contributed by atoms with van der Waals surface area (Å²) >= 11 is 0. The Morgan fingerprint density at radius 3 is 1.44 bits per heavy atom. The van der Waals surface area contributed by atoms with Crippen LogP contribution in [0.1, 0.15) is 6.42 Å². The van der Waals surface area contributed by atoms with E-state index in [0.717, 1.165) is 6.42 Å². The Hall–Kier alpha value is 0.0138. The van der Waals surface area contributed by atoms with Gasteiger partial charge in [-0.15, -0.1) is 6.58 Å². The van der Waals surface area contributed by atoms with Crippen LogP contribution in [0.25, 0.3) is 0 Å². The standard InChI is InChI=1S/C10H24O4Si2/c1-8-9-10(15(6,11-2)12-3)16(7,13-4)14-5/h8,10H,1,9H2,2-7H3. The summed E-state index contributed by atoms with van der Waals surface area (Å²) in [6.45, 7) is 7.85. The highest BCUT2D eigenvalue weighted by atomic mass is 28.4. The third-order valence-corrected chi connectivity index (χ3v) is 12.7. The molecular formula is C10H24O4Si2. The molecule has 4 nitrogen and oxygen atoms in total. The van der Waals surface area contributed by atoms with Gasteiger partial charge in [-0.1, -0.05) is 6.08 Å². The molecule has 0 aliphatic heterocycles. The average Bonchev–Trinajstić information content (AvgIpc) is 2.34. The number of allylic oxidation sites excluding steroid dienone is 1. The molecule has 96 valence electrons. The lowest BCUT2D eigenvalue weighted by atomic mass is 10.5. The van der Waals surface area contributed by atoms with Crippen molar-refractivity contribution < 1.29 is 17.7 Å². The van der Waals surface area contributed by atoms with E-state index in [0.29, 0.717) is 0 Å². The van der Waals surface area contributed by atoms with Crippen molar-refractivity contribution in [3.05, 3.63) is 12.7 Å². The normalized spacial score (nSPS) is 13.2. The quantitative estimate of drug-likeness (QED) is 0.497. The zero-order chi connectivity index (χ0) is 12.8. The highest BCUT2D eigenvalue weighted by Crippen LogP contribution is 2.36. The molecule has 0 N–H and O–H groups in total. The summed E-state index contributed by atoms with van der Waals surface area (Å²) in [4.78, 5) is 0. The second kappa shape index (κ2) is 6.68. The summed E-state index contributed by atoms with van der Waals surface area (Å²) in [5, 5.41) is 0.155. The van der Waals surface area contributed by atoms with Crippen molar-refractivity contribution in [2.45, 2.75) is 24.7 Å². The minimum atomic E-state index is -2.28. The monoisotopic (exact) mass is 264 g/mol. The lowest BCUT2D eigenvalue weighted by Gasteiger charge is -2.39. The molecule has 0 radical (unpaired) electrons. The molecule has 0 fully saturated rings. The zero-order valence-corrected chi connectivity index (χ0v) is 13.2. The first-order chi connectivity index (χ1) is 7.44. The van der Waals surface area contributed by atoms with Crippen LogP contribution in [0.2, 0.25) is 18.3 Å². The van der Waals surface area contributed by atoms with Crippen LogP contribution in [0.15, 0.2) is 12.7 Å². The lowest BCUT2D eigenvalue weighted by Crippen LogP contribution is -2.56. The van der Waals surface area contributed by atoms with E-state index in [-0.39, 0.29) is 5.16 Å². The van der Waals surface area contributed by atoms with Crippen molar-refractivity contribution in [1.82, 2.24) is 0 Å². The van der Waals surface area contributed by atoms with Crippen molar-refractivity contribution in [1.29, 1.82) is 0 Å². The SMILES string of the molecule is C=CCC([Si](C)(OC)OC)[Si](C)(OC)OC. The van der Waals surface area contributed by atoms with Crippen molar-refractivity contribution in [2.24, 2.45) is 0 Å². The average molecular weight is 264 g/mol. The summed E-state index contributed by atoms with van der Waals surface area (Å²) in [5.41, 5.74) is 0. The molecule has 0 saturated heterocycles. The summed E-state index contributed by atoms with van der Waals surface area (Å²) in [6.07, 6.45) is 2.66.